The van der Waals surface area contributed by atoms with Gasteiger partial charge >= 0.3 is 5.69 Å². The van der Waals surface area contributed by atoms with E-state index in [-0.39, 0.29) is 29.2 Å². The number of aryl methyl sites for hydroxylation is 2. The van der Waals surface area contributed by atoms with Crippen LogP contribution in [0, 0.1) is 13.8 Å². The van der Waals surface area contributed by atoms with Crippen molar-refractivity contribution in [3.8, 4) is 5.88 Å². The van der Waals surface area contributed by atoms with Gasteiger partial charge in [0.1, 0.15) is 5.56 Å². The van der Waals surface area contributed by atoms with Crippen LogP contribution in [0.1, 0.15) is 93.0 Å². The normalized spacial score (nSPS) is 18.6. The summed E-state index contributed by atoms with van der Waals surface area (Å²) >= 11 is 0. The number of nitrogens with zero attached hydrogens (tertiary/aromatic N) is 3. The summed E-state index contributed by atoms with van der Waals surface area (Å²) in [7, 11) is 0. The average molecular weight is 424 g/mol. The first-order chi connectivity index (χ1) is 15.0. The van der Waals surface area contributed by atoms with E-state index >= 15 is 0 Å². The topological polar surface area (TPSA) is 76.6 Å². The summed E-state index contributed by atoms with van der Waals surface area (Å²) in [6, 6.07) is 5.78. The lowest BCUT2D eigenvalue weighted by molar-refractivity contribution is 0.271. The number of hydrogen-bond acceptors (Lipinski definition) is 4. The molecule has 0 amide bonds. The summed E-state index contributed by atoms with van der Waals surface area (Å²) in [6.45, 7) is 4.01. The Hall–Kier alpha value is -2.63. The maximum absolute atomic E-state index is 13.4. The zero-order valence-electron chi connectivity index (χ0n) is 18.6. The van der Waals surface area contributed by atoms with Gasteiger partial charge in [-0.2, -0.15) is 0 Å². The third-order valence-corrected chi connectivity index (χ3v) is 6.76. The van der Waals surface area contributed by atoms with Crippen LogP contribution in [0.5, 0.6) is 5.88 Å². The van der Waals surface area contributed by atoms with Gasteiger partial charge in [-0.1, -0.05) is 44.6 Å². The molecule has 1 aromatic carbocycles. The van der Waals surface area contributed by atoms with Crippen LogP contribution < -0.4 is 11.2 Å². The minimum absolute atomic E-state index is 0.0648. The predicted molar refractivity (Wildman–Crippen MR) is 124 cm³/mol. The van der Waals surface area contributed by atoms with Crippen LogP contribution in [0.15, 0.2) is 32.8 Å². The predicted octanol–water partition coefficient (Wildman–Crippen LogP) is 5.09. The van der Waals surface area contributed by atoms with Crippen LogP contribution in [-0.2, 0) is 0 Å². The molecule has 0 spiro atoms. The van der Waals surface area contributed by atoms with E-state index in [1.807, 2.05) is 26.0 Å². The lowest BCUT2D eigenvalue weighted by Crippen LogP contribution is -2.45. The Morgan fingerprint density at radius 2 is 1.35 bits per heavy atom. The van der Waals surface area contributed by atoms with E-state index in [0.717, 1.165) is 81.0 Å². The van der Waals surface area contributed by atoms with Crippen molar-refractivity contribution in [1.29, 1.82) is 0 Å². The lowest BCUT2D eigenvalue weighted by atomic mass is 9.94. The van der Waals surface area contributed by atoms with Gasteiger partial charge in [0.25, 0.3) is 5.56 Å². The molecule has 6 nitrogen and oxygen atoms in total. The van der Waals surface area contributed by atoms with Crippen LogP contribution in [0.25, 0.3) is 0 Å². The highest BCUT2D eigenvalue weighted by Gasteiger charge is 2.28. The van der Waals surface area contributed by atoms with Gasteiger partial charge < -0.3 is 5.11 Å². The molecule has 31 heavy (non-hydrogen) atoms. The van der Waals surface area contributed by atoms with Crippen molar-refractivity contribution in [3.05, 3.63) is 55.7 Å². The largest absolute Gasteiger partial charge is 0.494 e. The summed E-state index contributed by atoms with van der Waals surface area (Å²) in [5.41, 5.74) is 2.25. The van der Waals surface area contributed by atoms with E-state index in [2.05, 4.69) is 11.1 Å². The van der Waals surface area contributed by atoms with E-state index < -0.39 is 5.56 Å². The quantitative estimate of drug-likeness (QED) is 0.696. The minimum atomic E-state index is -0.422. The number of aromatic nitrogens is 2. The fourth-order valence-corrected chi connectivity index (χ4v) is 5.26. The summed E-state index contributed by atoms with van der Waals surface area (Å²) in [4.78, 5) is 31.4. The van der Waals surface area contributed by atoms with Crippen molar-refractivity contribution < 1.29 is 5.11 Å². The summed E-state index contributed by atoms with van der Waals surface area (Å²) in [5, 5.41) is 11.1. The van der Waals surface area contributed by atoms with Crippen molar-refractivity contribution in [2.45, 2.75) is 90.1 Å². The standard InChI is InChI=1S/C25H33N3O3/c1-17-13-18(2)15-19(14-17)26-16-22-23(29)27(20-9-5-3-6-10-20)25(31)28(24(22)30)21-11-7-4-8-12-21/h13-16,20-21,29H,3-12H2,1-2H3. The number of rotatable bonds is 4. The Morgan fingerprint density at radius 3 is 1.90 bits per heavy atom. The van der Waals surface area contributed by atoms with Gasteiger partial charge in [-0.05, 0) is 62.8 Å². The fourth-order valence-electron chi connectivity index (χ4n) is 5.26. The molecule has 1 aromatic heterocycles. The van der Waals surface area contributed by atoms with Crippen molar-refractivity contribution in [2.24, 2.45) is 4.99 Å². The highest BCUT2D eigenvalue weighted by atomic mass is 16.3. The molecule has 166 valence electrons. The average Bonchev–Trinajstić information content (AvgIpc) is 2.74. The summed E-state index contributed by atoms with van der Waals surface area (Å²) < 4.78 is 2.90. The first-order valence-electron chi connectivity index (χ1n) is 11.7. The molecule has 2 aliphatic rings. The van der Waals surface area contributed by atoms with Crippen molar-refractivity contribution >= 4 is 11.9 Å². The molecule has 2 aliphatic carbocycles. The second kappa shape index (κ2) is 9.25. The van der Waals surface area contributed by atoms with Gasteiger partial charge in [0.2, 0.25) is 5.88 Å². The van der Waals surface area contributed by atoms with Crippen LogP contribution in [0.4, 0.5) is 5.69 Å². The highest BCUT2D eigenvalue weighted by molar-refractivity contribution is 5.84. The smallest absolute Gasteiger partial charge is 0.334 e. The van der Waals surface area contributed by atoms with Crippen LogP contribution in [0.3, 0.4) is 0 Å². The van der Waals surface area contributed by atoms with Crippen LogP contribution in [0.2, 0.25) is 0 Å². The second-order valence-corrected chi connectivity index (χ2v) is 9.25. The molecule has 2 fully saturated rings. The second-order valence-electron chi connectivity index (χ2n) is 9.25. The molecule has 0 unspecified atom stereocenters. The zero-order valence-corrected chi connectivity index (χ0v) is 18.6. The molecule has 1 heterocycles. The van der Waals surface area contributed by atoms with Gasteiger partial charge in [0.15, 0.2) is 0 Å². The Balaban J connectivity index is 1.85. The van der Waals surface area contributed by atoms with E-state index in [1.54, 1.807) is 0 Å². The fraction of sp³-hybridized carbons (Fsp3) is 0.560. The van der Waals surface area contributed by atoms with Gasteiger partial charge in [-0.3, -0.25) is 18.9 Å². The number of hydrogen-bond donors (Lipinski definition) is 1. The monoisotopic (exact) mass is 423 g/mol. The minimum Gasteiger partial charge on any atom is -0.494 e. The Bertz CT molecular complexity index is 1060. The molecule has 4 rings (SSSR count). The SMILES string of the molecule is Cc1cc(C)cc(N=Cc2c(O)n(C3CCCCC3)c(=O)n(C3CCCCC3)c2=O)c1. The maximum Gasteiger partial charge on any atom is 0.334 e. The third kappa shape index (κ3) is 4.53. The first-order valence-corrected chi connectivity index (χ1v) is 11.7. The van der Waals surface area contributed by atoms with Gasteiger partial charge in [-0.25, -0.2) is 4.79 Å². The molecule has 2 saturated carbocycles. The highest BCUT2D eigenvalue weighted by Crippen LogP contribution is 2.31. The van der Waals surface area contributed by atoms with Crippen molar-refractivity contribution in [3.63, 3.8) is 0 Å². The van der Waals surface area contributed by atoms with Gasteiger partial charge in [0, 0.05) is 18.3 Å². The number of benzene rings is 1. The number of aromatic hydroxyl groups is 1. The summed E-state index contributed by atoms with van der Waals surface area (Å²) in [6.07, 6.45) is 11.2. The van der Waals surface area contributed by atoms with E-state index in [4.69, 9.17) is 0 Å². The van der Waals surface area contributed by atoms with E-state index in [0.29, 0.717) is 0 Å². The van der Waals surface area contributed by atoms with Crippen LogP contribution >= 0.6 is 0 Å². The maximum atomic E-state index is 13.4. The molecular formula is C25H33N3O3. The Kier molecular flexibility index (Phi) is 6.44. The molecule has 0 atom stereocenters. The molecule has 1 N–H and O–H groups in total. The van der Waals surface area contributed by atoms with Gasteiger partial charge in [-0.15, -0.1) is 0 Å². The van der Waals surface area contributed by atoms with Crippen LogP contribution in [-0.4, -0.2) is 20.5 Å². The molecule has 2 aromatic rings. The van der Waals surface area contributed by atoms with Crippen molar-refractivity contribution in [2.75, 3.05) is 0 Å². The molecule has 6 heteroatoms. The van der Waals surface area contributed by atoms with E-state index in [1.165, 1.54) is 15.3 Å². The third-order valence-electron chi connectivity index (χ3n) is 6.76. The lowest BCUT2D eigenvalue weighted by Gasteiger charge is -2.29. The number of aliphatic imine (C=N–C) groups is 1. The Morgan fingerprint density at radius 1 is 0.839 bits per heavy atom. The molecular weight excluding hydrogens is 390 g/mol. The first kappa shape index (κ1) is 21.6. The molecule has 0 bridgehead atoms. The summed E-state index contributed by atoms with van der Waals surface area (Å²) in [5.74, 6) is -0.234. The molecule has 0 radical (unpaired) electrons. The van der Waals surface area contributed by atoms with E-state index in [9.17, 15) is 14.7 Å². The Labute approximate surface area is 183 Å². The van der Waals surface area contributed by atoms with Gasteiger partial charge in [0.05, 0.1) is 5.69 Å². The molecule has 0 saturated heterocycles. The zero-order chi connectivity index (χ0) is 22.0. The molecule has 0 aliphatic heterocycles. The van der Waals surface area contributed by atoms with Crippen molar-refractivity contribution in [1.82, 2.24) is 9.13 Å².